The summed E-state index contributed by atoms with van der Waals surface area (Å²) in [5.41, 5.74) is 1.31. The number of hydrogen-bond donors (Lipinski definition) is 2. The summed E-state index contributed by atoms with van der Waals surface area (Å²) >= 11 is 5.37. The van der Waals surface area contributed by atoms with Crippen molar-refractivity contribution in [3.63, 3.8) is 0 Å². The molecular weight excluding hydrogens is 346 g/mol. The summed E-state index contributed by atoms with van der Waals surface area (Å²) in [6, 6.07) is 4.25. The highest BCUT2D eigenvalue weighted by atomic mass is 32.1. The Morgan fingerprint density at radius 3 is 2.85 bits per heavy atom. The maximum atomic E-state index is 12.4. The van der Waals surface area contributed by atoms with Crippen molar-refractivity contribution in [2.45, 2.75) is 64.3 Å². The Hall–Kier alpha value is -1.82. The van der Waals surface area contributed by atoms with Gasteiger partial charge in [0.1, 0.15) is 10.9 Å². The number of aromatic nitrogens is 1. The Morgan fingerprint density at radius 2 is 2.19 bits per heavy atom. The number of esters is 1. The molecule has 2 rings (SSSR count). The SMILES string of the molecule is CC[C@@H](C(=N)C(=S)NC1CCCCC1)C(=O)OCCCc1cccnc1. The second-order valence-electron chi connectivity index (χ2n) is 6.82. The quantitative estimate of drug-likeness (QED) is 0.297. The fraction of sp³-hybridized carbons (Fsp3) is 0.600. The Balaban J connectivity index is 1.75. The van der Waals surface area contributed by atoms with Crippen LogP contribution in [0.4, 0.5) is 0 Å². The summed E-state index contributed by atoms with van der Waals surface area (Å²) in [4.78, 5) is 16.8. The minimum Gasteiger partial charge on any atom is -0.465 e. The Bertz CT molecular complexity index is 600. The second-order valence-corrected chi connectivity index (χ2v) is 7.22. The number of thiocarbonyl (C=S) groups is 1. The third kappa shape index (κ3) is 6.48. The van der Waals surface area contributed by atoms with Gasteiger partial charge >= 0.3 is 5.97 Å². The average molecular weight is 376 g/mol. The van der Waals surface area contributed by atoms with Crippen LogP contribution < -0.4 is 5.32 Å². The molecule has 0 aliphatic heterocycles. The Labute approximate surface area is 161 Å². The van der Waals surface area contributed by atoms with Gasteiger partial charge in [-0.05, 0) is 43.7 Å². The molecule has 26 heavy (non-hydrogen) atoms. The first-order valence-corrected chi connectivity index (χ1v) is 9.97. The number of aryl methyl sites for hydroxylation is 1. The molecule has 0 aromatic carbocycles. The first-order chi connectivity index (χ1) is 12.6. The second kappa shape index (κ2) is 11.0. The van der Waals surface area contributed by atoms with Crippen LogP contribution in [-0.4, -0.2) is 34.3 Å². The smallest absolute Gasteiger partial charge is 0.315 e. The zero-order valence-corrected chi connectivity index (χ0v) is 16.3. The lowest BCUT2D eigenvalue weighted by Crippen LogP contribution is -2.43. The Kier molecular flexibility index (Phi) is 8.68. The molecule has 0 unspecified atom stereocenters. The van der Waals surface area contributed by atoms with Crippen molar-refractivity contribution in [1.29, 1.82) is 5.41 Å². The molecule has 0 radical (unpaired) electrons. The number of carbonyl (C=O) groups is 1. The number of pyridine rings is 1. The predicted molar refractivity (Wildman–Crippen MR) is 108 cm³/mol. The van der Waals surface area contributed by atoms with Crippen molar-refractivity contribution in [3.05, 3.63) is 30.1 Å². The highest BCUT2D eigenvalue weighted by molar-refractivity contribution is 7.82. The normalized spacial score (nSPS) is 15.9. The van der Waals surface area contributed by atoms with Gasteiger partial charge in [0, 0.05) is 18.4 Å². The fourth-order valence-corrected chi connectivity index (χ4v) is 3.56. The molecule has 1 atom stereocenters. The van der Waals surface area contributed by atoms with Gasteiger partial charge in [0.25, 0.3) is 0 Å². The van der Waals surface area contributed by atoms with Crippen molar-refractivity contribution >= 4 is 28.9 Å². The molecule has 0 saturated heterocycles. The van der Waals surface area contributed by atoms with E-state index in [1.165, 1.54) is 19.3 Å². The predicted octanol–water partition coefficient (Wildman–Crippen LogP) is 3.85. The van der Waals surface area contributed by atoms with Gasteiger partial charge in [-0.25, -0.2) is 0 Å². The zero-order chi connectivity index (χ0) is 18.8. The van der Waals surface area contributed by atoms with Crippen LogP contribution >= 0.6 is 12.2 Å². The molecule has 1 saturated carbocycles. The summed E-state index contributed by atoms with van der Waals surface area (Å²) in [5, 5.41) is 11.6. The fourth-order valence-electron chi connectivity index (χ4n) is 3.25. The number of carbonyl (C=O) groups excluding carboxylic acids is 1. The minimum absolute atomic E-state index is 0.185. The molecule has 1 aliphatic carbocycles. The Morgan fingerprint density at radius 1 is 1.42 bits per heavy atom. The topological polar surface area (TPSA) is 75.1 Å². The highest BCUT2D eigenvalue weighted by Crippen LogP contribution is 2.18. The zero-order valence-electron chi connectivity index (χ0n) is 15.5. The third-order valence-corrected chi connectivity index (χ3v) is 5.14. The third-order valence-electron chi connectivity index (χ3n) is 4.80. The molecule has 6 heteroatoms. The highest BCUT2D eigenvalue weighted by Gasteiger charge is 2.27. The molecule has 1 aliphatic rings. The maximum Gasteiger partial charge on any atom is 0.315 e. The lowest BCUT2D eigenvalue weighted by Gasteiger charge is -2.25. The van der Waals surface area contributed by atoms with E-state index < -0.39 is 5.92 Å². The summed E-state index contributed by atoms with van der Waals surface area (Å²) in [5.74, 6) is -0.937. The lowest BCUT2D eigenvalue weighted by molar-refractivity contribution is -0.146. The standard InChI is InChI=1S/C20H29N3O2S/c1-2-17(18(21)19(26)23-16-10-4-3-5-11-16)20(24)25-13-7-9-15-8-6-12-22-14-15/h6,8,12,14,16-17,21H,2-5,7,9-11,13H2,1H3,(H,23,26)/t17-/m0/s1. The van der Waals surface area contributed by atoms with Crippen LogP contribution in [0, 0.1) is 11.3 Å². The molecule has 0 amide bonds. The van der Waals surface area contributed by atoms with Crippen molar-refractivity contribution < 1.29 is 9.53 Å². The molecule has 1 aromatic heterocycles. The number of nitrogens with zero attached hydrogens (tertiary/aromatic N) is 1. The molecule has 1 heterocycles. The van der Waals surface area contributed by atoms with Crippen molar-refractivity contribution in [1.82, 2.24) is 10.3 Å². The molecular formula is C20H29N3O2S. The van der Waals surface area contributed by atoms with Crippen LogP contribution in [0.2, 0.25) is 0 Å². The molecule has 142 valence electrons. The van der Waals surface area contributed by atoms with E-state index >= 15 is 0 Å². The van der Waals surface area contributed by atoms with Crippen LogP contribution in [0.25, 0.3) is 0 Å². The van der Waals surface area contributed by atoms with Gasteiger partial charge in [0.05, 0.1) is 12.3 Å². The van der Waals surface area contributed by atoms with E-state index in [2.05, 4.69) is 10.3 Å². The van der Waals surface area contributed by atoms with E-state index in [0.717, 1.165) is 31.2 Å². The first kappa shape index (κ1) is 20.5. The molecule has 0 bridgehead atoms. The summed E-state index contributed by atoms with van der Waals surface area (Å²) in [6.07, 6.45) is 11.5. The van der Waals surface area contributed by atoms with E-state index in [1.807, 2.05) is 25.3 Å². The summed E-state index contributed by atoms with van der Waals surface area (Å²) in [6.45, 7) is 2.24. The number of hydrogen-bond acceptors (Lipinski definition) is 5. The van der Waals surface area contributed by atoms with Gasteiger partial charge in [-0.2, -0.15) is 0 Å². The van der Waals surface area contributed by atoms with Crippen molar-refractivity contribution in [2.75, 3.05) is 6.61 Å². The van der Waals surface area contributed by atoms with Crippen LogP contribution in [-0.2, 0) is 16.0 Å². The number of rotatable bonds is 9. The van der Waals surface area contributed by atoms with Gasteiger partial charge in [0.2, 0.25) is 0 Å². The van der Waals surface area contributed by atoms with Crippen molar-refractivity contribution in [3.8, 4) is 0 Å². The molecule has 5 nitrogen and oxygen atoms in total. The number of nitrogens with one attached hydrogen (secondary N) is 2. The lowest BCUT2D eigenvalue weighted by atomic mass is 9.94. The van der Waals surface area contributed by atoms with Crippen LogP contribution in [0.5, 0.6) is 0 Å². The van der Waals surface area contributed by atoms with Gasteiger partial charge in [-0.15, -0.1) is 0 Å². The van der Waals surface area contributed by atoms with E-state index in [1.54, 1.807) is 6.20 Å². The van der Waals surface area contributed by atoms with Crippen LogP contribution in [0.1, 0.15) is 57.4 Å². The largest absolute Gasteiger partial charge is 0.465 e. The first-order valence-electron chi connectivity index (χ1n) is 9.56. The monoisotopic (exact) mass is 375 g/mol. The van der Waals surface area contributed by atoms with E-state index in [9.17, 15) is 4.79 Å². The van der Waals surface area contributed by atoms with Crippen molar-refractivity contribution in [2.24, 2.45) is 5.92 Å². The minimum atomic E-state index is -0.586. The average Bonchev–Trinajstić information content (AvgIpc) is 2.67. The maximum absolute atomic E-state index is 12.4. The van der Waals surface area contributed by atoms with E-state index in [4.69, 9.17) is 22.4 Å². The van der Waals surface area contributed by atoms with E-state index in [0.29, 0.717) is 24.1 Å². The molecule has 1 aromatic rings. The number of ether oxygens (including phenoxy) is 1. The van der Waals surface area contributed by atoms with Gasteiger partial charge in [-0.3, -0.25) is 9.78 Å². The summed E-state index contributed by atoms with van der Waals surface area (Å²) in [7, 11) is 0. The van der Waals surface area contributed by atoms with E-state index in [-0.39, 0.29) is 11.7 Å². The van der Waals surface area contributed by atoms with Crippen LogP contribution in [0.3, 0.4) is 0 Å². The molecule has 1 fully saturated rings. The molecule has 0 spiro atoms. The van der Waals surface area contributed by atoms with Crippen LogP contribution in [0.15, 0.2) is 24.5 Å². The van der Waals surface area contributed by atoms with Gasteiger partial charge in [-0.1, -0.05) is 44.5 Å². The molecule has 2 N–H and O–H groups in total. The summed E-state index contributed by atoms with van der Waals surface area (Å²) < 4.78 is 5.39. The van der Waals surface area contributed by atoms with Gasteiger partial charge in [0.15, 0.2) is 0 Å². The van der Waals surface area contributed by atoms with Gasteiger partial charge < -0.3 is 15.5 Å².